The van der Waals surface area contributed by atoms with Crippen LogP contribution in [0.3, 0.4) is 0 Å². The fraction of sp³-hybridized carbons (Fsp3) is 0.0769. The molecule has 0 aromatic heterocycles. The average Bonchev–Trinajstić information content (AvgIpc) is 2.40. The van der Waals surface area contributed by atoms with Gasteiger partial charge in [0.2, 0.25) is 0 Å². The molecule has 5 nitrogen and oxygen atoms in total. The van der Waals surface area contributed by atoms with Crippen molar-refractivity contribution >= 4 is 16.5 Å². The third-order valence-corrected chi connectivity index (χ3v) is 3.67. The maximum Gasteiger partial charge on any atom is 0.323 e. The summed E-state index contributed by atoms with van der Waals surface area (Å²) in [5.41, 5.74) is 2.74. The Hall–Kier alpha value is -1.22. The molecule has 0 aliphatic rings. The van der Waals surface area contributed by atoms with E-state index in [-0.39, 0.29) is 0 Å². The summed E-state index contributed by atoms with van der Waals surface area (Å²) in [5.74, 6) is 0. The molecule has 108 valence electrons. The van der Waals surface area contributed by atoms with E-state index < -0.39 is 16.5 Å². The first-order chi connectivity index (χ1) is 9.58. The summed E-state index contributed by atoms with van der Waals surface area (Å²) in [7, 11) is -6.40. The third kappa shape index (κ3) is 8.05. The predicted molar refractivity (Wildman–Crippen MR) is 79.2 cm³/mol. The van der Waals surface area contributed by atoms with Gasteiger partial charge in [0.05, 0.1) is 0 Å². The van der Waals surface area contributed by atoms with Gasteiger partial charge in [-0.05, 0) is 17.5 Å². The van der Waals surface area contributed by atoms with Crippen LogP contribution in [-0.4, -0.2) is 9.79 Å². The molecule has 7 heteroatoms. The van der Waals surface area contributed by atoms with Crippen LogP contribution in [0.5, 0.6) is 0 Å². The Balaban J connectivity index is 0.000000246. The summed E-state index contributed by atoms with van der Waals surface area (Å²) in [6.45, 7) is 0. The minimum Gasteiger partial charge on any atom is -0.326 e. The summed E-state index contributed by atoms with van der Waals surface area (Å²) in [4.78, 5) is 15.4. The van der Waals surface area contributed by atoms with Gasteiger partial charge in [0.15, 0.2) is 0 Å². The molecule has 2 aromatic rings. The Morgan fingerprint density at radius 3 is 1.35 bits per heavy atom. The Labute approximate surface area is 118 Å². The van der Waals surface area contributed by atoms with Crippen LogP contribution in [0.4, 0.5) is 0 Å². The summed E-state index contributed by atoms with van der Waals surface area (Å²) in [5, 5.41) is 0. The highest BCUT2D eigenvalue weighted by molar-refractivity contribution is 7.46. The quantitative estimate of drug-likeness (QED) is 0.847. The molecule has 20 heavy (non-hydrogen) atoms. The van der Waals surface area contributed by atoms with Gasteiger partial charge in [-0.15, -0.1) is 0 Å². The van der Waals surface area contributed by atoms with Crippen LogP contribution in [0.25, 0.3) is 0 Å². The normalized spacial score (nSPS) is 12.9. The monoisotopic (exact) mass is 314 g/mol. The first-order valence-corrected chi connectivity index (χ1v) is 8.32. The predicted octanol–water partition coefficient (Wildman–Crippen LogP) is 3.04. The van der Waals surface area contributed by atoms with Crippen LogP contribution in [0.1, 0.15) is 11.1 Å². The molecule has 0 saturated heterocycles. The van der Waals surface area contributed by atoms with E-state index in [2.05, 4.69) is 65.0 Å². The van der Waals surface area contributed by atoms with E-state index in [0.717, 1.165) is 6.42 Å². The zero-order valence-electron chi connectivity index (χ0n) is 10.6. The molecule has 0 aliphatic heterocycles. The van der Waals surface area contributed by atoms with Crippen molar-refractivity contribution in [3.63, 3.8) is 0 Å². The van der Waals surface area contributed by atoms with Gasteiger partial charge in [0, 0.05) is 0 Å². The summed E-state index contributed by atoms with van der Waals surface area (Å²) < 4.78 is 22.3. The van der Waals surface area contributed by atoms with Gasteiger partial charge in [-0.1, -0.05) is 60.7 Å². The lowest BCUT2D eigenvalue weighted by molar-refractivity contribution is 0.371. The summed E-state index contributed by atoms with van der Waals surface area (Å²) in [6.07, 6.45) is 1.03. The second kappa shape index (κ2) is 9.65. The third-order valence-electron chi connectivity index (χ3n) is 2.27. The van der Waals surface area contributed by atoms with Crippen molar-refractivity contribution < 1.29 is 23.2 Å². The lowest BCUT2D eigenvalue weighted by Gasteiger charge is -2.00. The van der Waals surface area contributed by atoms with Crippen LogP contribution >= 0.6 is 16.5 Å². The van der Waals surface area contributed by atoms with Gasteiger partial charge >= 0.3 is 16.5 Å². The van der Waals surface area contributed by atoms with Gasteiger partial charge in [-0.2, -0.15) is 0 Å². The van der Waals surface area contributed by atoms with E-state index in [4.69, 9.17) is 9.79 Å². The van der Waals surface area contributed by atoms with Crippen molar-refractivity contribution in [2.75, 3.05) is 0 Å². The molecule has 0 radical (unpaired) electrons. The topological polar surface area (TPSA) is 83.8 Å². The van der Waals surface area contributed by atoms with Crippen LogP contribution in [-0.2, 0) is 19.9 Å². The molecule has 0 amide bonds. The Morgan fingerprint density at radius 1 is 0.750 bits per heavy atom. The maximum atomic E-state index is 9.44. The largest absolute Gasteiger partial charge is 0.326 e. The van der Waals surface area contributed by atoms with Gasteiger partial charge in [-0.25, -0.2) is 4.31 Å². The Morgan fingerprint density at radius 2 is 1.10 bits per heavy atom. The molecule has 0 bridgehead atoms. The van der Waals surface area contributed by atoms with Crippen molar-refractivity contribution in [1.82, 2.24) is 0 Å². The minimum absolute atomic E-state index is 1.03. The average molecular weight is 314 g/mol. The number of hydrogen-bond donors (Lipinski definition) is 2. The van der Waals surface area contributed by atoms with Gasteiger partial charge in [-0.3, -0.25) is 9.13 Å². The summed E-state index contributed by atoms with van der Waals surface area (Å²) >= 11 is 0. The number of rotatable bonds is 4. The van der Waals surface area contributed by atoms with Crippen LogP contribution < -0.4 is 0 Å². The summed E-state index contributed by atoms with van der Waals surface area (Å²) in [6, 6.07) is 21.1. The zero-order chi connectivity index (χ0) is 14.8. The number of hydrogen-bond acceptors (Lipinski definition) is 3. The van der Waals surface area contributed by atoms with Gasteiger partial charge < -0.3 is 9.79 Å². The fourth-order valence-electron chi connectivity index (χ4n) is 1.50. The fourth-order valence-corrected chi connectivity index (χ4v) is 2.10. The van der Waals surface area contributed by atoms with Crippen molar-refractivity contribution in [3.05, 3.63) is 71.8 Å². The number of benzene rings is 2. The van der Waals surface area contributed by atoms with Crippen molar-refractivity contribution in [2.45, 2.75) is 6.42 Å². The highest BCUT2D eigenvalue weighted by atomic mass is 31.2. The molecule has 0 aliphatic carbocycles. The van der Waals surface area contributed by atoms with Gasteiger partial charge in [0.1, 0.15) is 0 Å². The Bertz CT molecular complexity index is 496. The van der Waals surface area contributed by atoms with Crippen molar-refractivity contribution in [3.8, 4) is 0 Å². The highest BCUT2D eigenvalue weighted by Crippen LogP contribution is 2.30. The van der Waals surface area contributed by atoms with E-state index in [1.165, 1.54) is 11.1 Å². The molecule has 0 spiro atoms. The molecule has 2 unspecified atom stereocenters. The van der Waals surface area contributed by atoms with E-state index in [9.17, 15) is 9.13 Å². The lowest BCUT2D eigenvalue weighted by Crippen LogP contribution is -1.85. The maximum absolute atomic E-state index is 9.44. The zero-order valence-corrected chi connectivity index (χ0v) is 12.6. The van der Waals surface area contributed by atoms with Crippen molar-refractivity contribution in [2.24, 2.45) is 0 Å². The Kier molecular flexibility index (Phi) is 8.12. The van der Waals surface area contributed by atoms with E-state index in [0.29, 0.717) is 0 Å². The van der Waals surface area contributed by atoms with Crippen LogP contribution in [0.15, 0.2) is 60.7 Å². The molecule has 0 heterocycles. The second-order valence-electron chi connectivity index (χ2n) is 3.78. The molecular weight excluding hydrogens is 298 g/mol. The lowest BCUT2D eigenvalue weighted by atomic mass is 10.1. The van der Waals surface area contributed by atoms with Crippen molar-refractivity contribution in [1.29, 1.82) is 0 Å². The first kappa shape index (κ1) is 16.8. The van der Waals surface area contributed by atoms with E-state index >= 15 is 0 Å². The molecule has 2 aromatic carbocycles. The molecular formula is C13H16O5P2. The van der Waals surface area contributed by atoms with Crippen LogP contribution in [0.2, 0.25) is 0 Å². The van der Waals surface area contributed by atoms with E-state index in [1.54, 1.807) is 0 Å². The second-order valence-corrected chi connectivity index (χ2v) is 5.66. The molecule has 2 rings (SSSR count). The van der Waals surface area contributed by atoms with Gasteiger partial charge in [0.25, 0.3) is 0 Å². The molecule has 2 N–H and O–H groups in total. The standard InChI is InChI=1S/C13H12.H4O5P2/c1-3-7-12(8-4-1)11-13-9-5-2-6-10-13;1-6(2)5-7(3)4/h1-10H,11H2;6-7H,(H,1,2)(H,3,4). The smallest absolute Gasteiger partial charge is 0.323 e. The van der Waals surface area contributed by atoms with Crippen LogP contribution in [0, 0.1) is 0 Å². The minimum atomic E-state index is -3.20. The molecule has 0 fully saturated rings. The first-order valence-electron chi connectivity index (χ1n) is 5.79. The molecule has 0 saturated carbocycles. The molecule has 2 atom stereocenters. The highest BCUT2D eigenvalue weighted by Gasteiger charge is 1.93. The van der Waals surface area contributed by atoms with E-state index in [1.807, 2.05) is 0 Å². The SMILES string of the molecule is O=[PH](O)O[PH](=O)O.c1ccc(Cc2ccccc2)cc1.